The van der Waals surface area contributed by atoms with Gasteiger partial charge in [0.2, 0.25) is 0 Å². The molecule has 0 unspecified atom stereocenters. The lowest BCUT2D eigenvalue weighted by molar-refractivity contribution is 0.0903. The summed E-state index contributed by atoms with van der Waals surface area (Å²) in [5.74, 6) is -0.451. The van der Waals surface area contributed by atoms with Crippen molar-refractivity contribution in [2.24, 2.45) is 7.05 Å². The van der Waals surface area contributed by atoms with Crippen LogP contribution in [0, 0.1) is 3.70 Å². The minimum Gasteiger partial charge on any atom is -0.383 e. The number of carbonyl (C=O) groups excluding carboxylic acids is 1. The Morgan fingerprint density at radius 2 is 2.27 bits per heavy atom. The van der Waals surface area contributed by atoms with Gasteiger partial charge in [0, 0.05) is 20.2 Å². The Labute approximate surface area is 140 Å². The Hall–Kier alpha value is -1.75. The molecule has 2 aromatic rings. The van der Waals surface area contributed by atoms with Gasteiger partial charge in [-0.25, -0.2) is 0 Å². The van der Waals surface area contributed by atoms with Crippen molar-refractivity contribution in [2.45, 2.75) is 13.0 Å². The number of halogens is 1. The number of methoxy groups -OCH3 is 1. The third-order valence-electron chi connectivity index (χ3n) is 2.86. The second-order valence-corrected chi connectivity index (χ2v) is 5.90. The minimum absolute atomic E-state index is 0.0335. The van der Waals surface area contributed by atoms with Gasteiger partial charge in [0.05, 0.1) is 19.0 Å². The maximum Gasteiger partial charge on any atom is 0.284 e. The molecule has 1 amide bonds. The summed E-state index contributed by atoms with van der Waals surface area (Å²) in [5.41, 5.74) is 0.0479. The summed E-state index contributed by atoms with van der Waals surface area (Å²) in [5, 5.41) is 10.9. The van der Waals surface area contributed by atoms with Gasteiger partial charge in [-0.05, 0) is 35.6 Å². The number of hydrogen-bond acceptors (Lipinski definition) is 5. The second-order valence-electron chi connectivity index (χ2n) is 4.80. The van der Waals surface area contributed by atoms with E-state index in [0.29, 0.717) is 16.0 Å². The number of aryl methyl sites for hydroxylation is 1. The van der Waals surface area contributed by atoms with Crippen LogP contribution in [0.25, 0.3) is 5.69 Å². The third-order valence-corrected chi connectivity index (χ3v) is 3.38. The summed E-state index contributed by atoms with van der Waals surface area (Å²) >= 11 is 1.96. The van der Waals surface area contributed by atoms with Gasteiger partial charge >= 0.3 is 0 Å². The molecule has 2 aromatic heterocycles. The first-order chi connectivity index (χ1) is 10.4. The molecule has 0 aliphatic heterocycles. The van der Waals surface area contributed by atoms with E-state index in [1.54, 1.807) is 32.0 Å². The SMILES string of the molecule is COC[C@H](C)NC(=O)c1cc(I)nn(-c2cnn(C)c2)c1=O. The van der Waals surface area contributed by atoms with Crippen LogP contribution in [0.4, 0.5) is 0 Å². The molecule has 0 radical (unpaired) electrons. The lowest BCUT2D eigenvalue weighted by atomic mass is 10.2. The van der Waals surface area contributed by atoms with Crippen molar-refractivity contribution in [1.82, 2.24) is 24.9 Å². The molecule has 22 heavy (non-hydrogen) atoms. The normalized spacial score (nSPS) is 12.2. The zero-order valence-electron chi connectivity index (χ0n) is 12.4. The maximum absolute atomic E-state index is 12.5. The zero-order valence-corrected chi connectivity index (χ0v) is 14.6. The highest BCUT2D eigenvalue weighted by Crippen LogP contribution is 2.06. The lowest BCUT2D eigenvalue weighted by Crippen LogP contribution is -2.40. The van der Waals surface area contributed by atoms with E-state index in [1.165, 1.54) is 16.9 Å². The summed E-state index contributed by atoms with van der Waals surface area (Å²) in [6.45, 7) is 2.16. The van der Waals surface area contributed by atoms with E-state index in [9.17, 15) is 9.59 Å². The molecule has 2 heterocycles. The quantitative estimate of drug-likeness (QED) is 0.709. The third kappa shape index (κ3) is 3.71. The molecule has 0 aliphatic carbocycles. The van der Waals surface area contributed by atoms with Gasteiger partial charge in [0.1, 0.15) is 15.0 Å². The molecule has 1 N–H and O–H groups in total. The van der Waals surface area contributed by atoms with E-state index in [1.807, 2.05) is 22.6 Å². The predicted octanol–water partition coefficient (Wildman–Crippen LogP) is 0.335. The number of aromatic nitrogens is 4. The smallest absolute Gasteiger partial charge is 0.284 e. The molecule has 0 aromatic carbocycles. The van der Waals surface area contributed by atoms with Gasteiger partial charge < -0.3 is 10.1 Å². The van der Waals surface area contributed by atoms with E-state index in [2.05, 4.69) is 15.5 Å². The molecule has 8 nitrogen and oxygen atoms in total. The molecule has 0 saturated heterocycles. The van der Waals surface area contributed by atoms with E-state index < -0.39 is 11.5 Å². The first-order valence-electron chi connectivity index (χ1n) is 6.51. The van der Waals surface area contributed by atoms with Crippen molar-refractivity contribution in [3.63, 3.8) is 0 Å². The van der Waals surface area contributed by atoms with E-state index in [0.717, 1.165) is 0 Å². The van der Waals surface area contributed by atoms with Gasteiger partial charge in [-0.15, -0.1) is 0 Å². The summed E-state index contributed by atoms with van der Waals surface area (Å²) in [6.07, 6.45) is 3.17. The van der Waals surface area contributed by atoms with Crippen molar-refractivity contribution in [2.75, 3.05) is 13.7 Å². The Bertz CT molecular complexity index is 740. The number of rotatable bonds is 5. The first-order valence-corrected chi connectivity index (χ1v) is 7.59. The standard InChI is InChI=1S/C13H16IN5O3/c1-8(7-22-3)16-12(20)10-4-11(14)17-19(13(10)21)9-5-15-18(2)6-9/h4-6,8H,7H2,1-3H3,(H,16,20)/t8-/m0/s1. The largest absolute Gasteiger partial charge is 0.383 e. The van der Waals surface area contributed by atoms with Gasteiger partial charge in [0.25, 0.3) is 11.5 Å². The van der Waals surface area contributed by atoms with E-state index >= 15 is 0 Å². The molecular weight excluding hydrogens is 401 g/mol. The van der Waals surface area contributed by atoms with Crippen LogP contribution in [0.5, 0.6) is 0 Å². The topological polar surface area (TPSA) is 91.0 Å². The van der Waals surface area contributed by atoms with Crippen LogP contribution in [0.3, 0.4) is 0 Å². The zero-order chi connectivity index (χ0) is 16.3. The second kappa shape index (κ2) is 7.01. The van der Waals surface area contributed by atoms with Crippen LogP contribution in [-0.2, 0) is 11.8 Å². The summed E-state index contributed by atoms with van der Waals surface area (Å²) in [7, 11) is 3.29. The molecule has 9 heteroatoms. The number of hydrogen-bond donors (Lipinski definition) is 1. The van der Waals surface area contributed by atoms with Crippen molar-refractivity contribution in [3.05, 3.63) is 38.1 Å². The average molecular weight is 417 g/mol. The fraction of sp³-hybridized carbons (Fsp3) is 0.385. The van der Waals surface area contributed by atoms with Crippen molar-refractivity contribution >= 4 is 28.5 Å². The van der Waals surface area contributed by atoms with E-state index in [4.69, 9.17) is 4.74 Å². The van der Waals surface area contributed by atoms with Gasteiger partial charge in [-0.1, -0.05) is 0 Å². The van der Waals surface area contributed by atoms with Crippen molar-refractivity contribution < 1.29 is 9.53 Å². The number of amides is 1. The molecule has 0 saturated carbocycles. The van der Waals surface area contributed by atoms with Gasteiger partial charge in [-0.2, -0.15) is 14.9 Å². The summed E-state index contributed by atoms with van der Waals surface area (Å²) < 4.78 is 8.23. The van der Waals surface area contributed by atoms with Crippen LogP contribution >= 0.6 is 22.6 Å². The molecular formula is C13H16IN5O3. The maximum atomic E-state index is 12.5. The van der Waals surface area contributed by atoms with Crippen molar-refractivity contribution in [3.8, 4) is 5.69 Å². The minimum atomic E-state index is -0.490. The molecule has 0 bridgehead atoms. The lowest BCUT2D eigenvalue weighted by Gasteiger charge is -2.13. The van der Waals surface area contributed by atoms with Crippen LogP contribution in [0.15, 0.2) is 23.3 Å². The highest BCUT2D eigenvalue weighted by molar-refractivity contribution is 14.1. The molecule has 2 rings (SSSR count). The highest BCUT2D eigenvalue weighted by Gasteiger charge is 2.18. The van der Waals surface area contributed by atoms with Crippen LogP contribution in [0.1, 0.15) is 17.3 Å². The highest BCUT2D eigenvalue weighted by atomic mass is 127. The Morgan fingerprint density at radius 1 is 1.55 bits per heavy atom. The summed E-state index contributed by atoms with van der Waals surface area (Å²) in [4.78, 5) is 24.7. The number of ether oxygens (including phenoxy) is 1. The van der Waals surface area contributed by atoms with Gasteiger partial charge in [0.15, 0.2) is 0 Å². The fourth-order valence-electron chi connectivity index (χ4n) is 1.91. The average Bonchev–Trinajstić information content (AvgIpc) is 2.87. The molecule has 0 fully saturated rings. The Morgan fingerprint density at radius 3 is 2.86 bits per heavy atom. The summed E-state index contributed by atoms with van der Waals surface area (Å²) in [6, 6.07) is 1.26. The monoisotopic (exact) mass is 417 g/mol. The Kier molecular flexibility index (Phi) is 5.29. The van der Waals surface area contributed by atoms with Gasteiger partial charge in [-0.3, -0.25) is 14.3 Å². The van der Waals surface area contributed by atoms with Crippen LogP contribution in [0.2, 0.25) is 0 Å². The number of nitrogens with zero attached hydrogens (tertiary/aromatic N) is 4. The number of carbonyl (C=O) groups is 1. The molecule has 1 atom stereocenters. The molecule has 118 valence electrons. The molecule has 0 aliphatic rings. The van der Waals surface area contributed by atoms with Crippen molar-refractivity contribution in [1.29, 1.82) is 0 Å². The number of nitrogens with one attached hydrogen (secondary N) is 1. The Balaban J connectivity index is 2.39. The fourth-order valence-corrected chi connectivity index (χ4v) is 2.44. The van der Waals surface area contributed by atoms with Crippen LogP contribution < -0.4 is 10.9 Å². The molecule has 0 spiro atoms. The van der Waals surface area contributed by atoms with Crippen LogP contribution in [-0.4, -0.2) is 45.2 Å². The van der Waals surface area contributed by atoms with E-state index in [-0.39, 0.29) is 11.6 Å². The first kappa shape index (κ1) is 16.6. The predicted molar refractivity (Wildman–Crippen MR) is 88.1 cm³/mol.